The summed E-state index contributed by atoms with van der Waals surface area (Å²) in [5.74, 6) is 1.09. The van der Waals surface area contributed by atoms with Crippen LogP contribution in [0.4, 0.5) is 11.5 Å². The fraction of sp³-hybridized carbons (Fsp3) is 0.318. The van der Waals surface area contributed by atoms with Gasteiger partial charge in [-0.25, -0.2) is 9.67 Å². The van der Waals surface area contributed by atoms with Crippen LogP contribution < -0.4 is 15.0 Å². The Hall–Kier alpha value is -3.35. The molecule has 0 bridgehead atoms. The average molecular weight is 391 g/mol. The van der Waals surface area contributed by atoms with Gasteiger partial charge >= 0.3 is 0 Å². The molecule has 1 aliphatic rings. The number of benzene rings is 1. The molecule has 0 unspecified atom stereocenters. The molecule has 1 aliphatic heterocycles. The van der Waals surface area contributed by atoms with Crippen LogP contribution in [0.15, 0.2) is 48.7 Å². The van der Waals surface area contributed by atoms with E-state index in [1.165, 1.54) is 12.8 Å². The van der Waals surface area contributed by atoms with Crippen molar-refractivity contribution in [1.82, 2.24) is 14.8 Å². The number of rotatable bonds is 6. The molecule has 0 radical (unpaired) electrons. The van der Waals surface area contributed by atoms with Gasteiger partial charge in [0.1, 0.15) is 5.82 Å². The summed E-state index contributed by atoms with van der Waals surface area (Å²) in [6.45, 7) is 6.30. The predicted octanol–water partition coefficient (Wildman–Crippen LogP) is 3.83. The third kappa shape index (κ3) is 4.08. The van der Waals surface area contributed by atoms with Crippen molar-refractivity contribution in [2.24, 2.45) is 0 Å². The van der Waals surface area contributed by atoms with E-state index in [9.17, 15) is 4.79 Å². The first-order valence-electron chi connectivity index (χ1n) is 9.97. The van der Waals surface area contributed by atoms with Crippen LogP contribution in [0, 0.1) is 6.92 Å². The van der Waals surface area contributed by atoms with Crippen LogP contribution in [-0.2, 0) is 0 Å². The first kappa shape index (κ1) is 19.0. The Labute approximate surface area is 170 Å². The number of nitrogens with zero attached hydrogens (tertiary/aromatic N) is 4. The summed E-state index contributed by atoms with van der Waals surface area (Å²) in [6.07, 6.45) is 4.13. The van der Waals surface area contributed by atoms with E-state index in [-0.39, 0.29) is 11.6 Å². The number of amides is 1. The maximum atomic E-state index is 12.9. The summed E-state index contributed by atoms with van der Waals surface area (Å²) in [5, 5.41) is 7.39. The van der Waals surface area contributed by atoms with Gasteiger partial charge in [0.15, 0.2) is 11.4 Å². The number of ether oxygens (including phenoxy) is 1. The van der Waals surface area contributed by atoms with Gasteiger partial charge in [0, 0.05) is 13.1 Å². The Bertz CT molecular complexity index is 994. The summed E-state index contributed by atoms with van der Waals surface area (Å²) in [4.78, 5) is 19.9. The molecule has 0 atom stereocenters. The minimum absolute atomic E-state index is 0.249. The summed E-state index contributed by atoms with van der Waals surface area (Å²) < 4.78 is 7.30. The molecule has 7 heteroatoms. The van der Waals surface area contributed by atoms with Gasteiger partial charge in [0.2, 0.25) is 0 Å². The van der Waals surface area contributed by atoms with Crippen molar-refractivity contribution >= 4 is 17.4 Å². The van der Waals surface area contributed by atoms with E-state index in [1.807, 2.05) is 56.3 Å². The summed E-state index contributed by atoms with van der Waals surface area (Å²) >= 11 is 0. The van der Waals surface area contributed by atoms with Crippen molar-refractivity contribution in [2.75, 3.05) is 29.9 Å². The number of para-hydroxylation sites is 1. The second kappa shape index (κ2) is 8.34. The predicted molar refractivity (Wildman–Crippen MR) is 113 cm³/mol. The molecule has 4 rings (SSSR count). The highest BCUT2D eigenvalue weighted by atomic mass is 16.5. The quantitative estimate of drug-likeness (QED) is 0.691. The second-order valence-corrected chi connectivity index (χ2v) is 7.01. The van der Waals surface area contributed by atoms with Crippen LogP contribution in [0.1, 0.15) is 35.9 Å². The molecule has 0 spiro atoms. The number of nitrogens with one attached hydrogen (secondary N) is 1. The highest BCUT2D eigenvalue weighted by molar-refractivity contribution is 6.05. The zero-order chi connectivity index (χ0) is 20.2. The van der Waals surface area contributed by atoms with Gasteiger partial charge in [-0.1, -0.05) is 18.2 Å². The summed E-state index contributed by atoms with van der Waals surface area (Å²) in [6, 6.07) is 13.5. The Kier molecular flexibility index (Phi) is 5.46. The van der Waals surface area contributed by atoms with Crippen molar-refractivity contribution < 1.29 is 9.53 Å². The Morgan fingerprint density at radius 3 is 2.59 bits per heavy atom. The van der Waals surface area contributed by atoms with Gasteiger partial charge < -0.3 is 15.0 Å². The van der Waals surface area contributed by atoms with Gasteiger partial charge in [-0.05, 0) is 51.0 Å². The lowest BCUT2D eigenvalue weighted by Gasteiger charge is -2.18. The number of aromatic nitrogens is 3. The molecule has 3 heterocycles. The molecule has 1 aromatic carbocycles. The number of carbonyl (C=O) groups excluding carboxylic acids is 1. The lowest BCUT2D eigenvalue weighted by atomic mass is 10.2. The molecule has 1 N–H and O–H groups in total. The van der Waals surface area contributed by atoms with Crippen LogP contribution in [0.2, 0.25) is 0 Å². The highest BCUT2D eigenvalue weighted by Crippen LogP contribution is 2.24. The third-order valence-electron chi connectivity index (χ3n) is 4.97. The van der Waals surface area contributed by atoms with E-state index in [4.69, 9.17) is 4.74 Å². The third-order valence-corrected chi connectivity index (χ3v) is 4.97. The second-order valence-electron chi connectivity index (χ2n) is 7.01. The van der Waals surface area contributed by atoms with Gasteiger partial charge in [-0.15, -0.1) is 0 Å². The molecular formula is C22H25N5O2. The van der Waals surface area contributed by atoms with Gasteiger partial charge in [0.05, 0.1) is 29.9 Å². The standard InChI is InChI=1S/C22H25N5O2/c1-3-29-19-15-27(17-9-5-4-6-10-17)25-21(19)22(28)24-18-11-12-20(23-16(18)2)26-13-7-8-14-26/h4-6,9-12,15H,3,7-8,13-14H2,1-2H3,(H,24,28). The van der Waals surface area contributed by atoms with E-state index >= 15 is 0 Å². The number of pyridine rings is 1. The van der Waals surface area contributed by atoms with Crippen molar-refractivity contribution in [3.05, 3.63) is 60.0 Å². The lowest BCUT2D eigenvalue weighted by molar-refractivity contribution is 0.101. The van der Waals surface area contributed by atoms with Crippen molar-refractivity contribution in [3.8, 4) is 11.4 Å². The molecule has 2 aromatic heterocycles. The van der Waals surface area contributed by atoms with E-state index in [1.54, 1.807) is 10.9 Å². The van der Waals surface area contributed by atoms with E-state index < -0.39 is 0 Å². The smallest absolute Gasteiger partial charge is 0.280 e. The largest absolute Gasteiger partial charge is 0.490 e. The number of carbonyl (C=O) groups is 1. The molecule has 0 aliphatic carbocycles. The molecule has 1 fully saturated rings. The Balaban J connectivity index is 1.57. The van der Waals surface area contributed by atoms with Crippen LogP contribution in [0.5, 0.6) is 5.75 Å². The molecule has 150 valence electrons. The highest BCUT2D eigenvalue weighted by Gasteiger charge is 2.20. The maximum absolute atomic E-state index is 12.9. The van der Waals surface area contributed by atoms with Crippen molar-refractivity contribution in [3.63, 3.8) is 0 Å². The van der Waals surface area contributed by atoms with E-state index in [0.29, 0.717) is 18.0 Å². The molecule has 7 nitrogen and oxygen atoms in total. The van der Waals surface area contributed by atoms with Gasteiger partial charge in [-0.3, -0.25) is 4.79 Å². The van der Waals surface area contributed by atoms with Crippen molar-refractivity contribution in [2.45, 2.75) is 26.7 Å². The topological polar surface area (TPSA) is 72.3 Å². The summed E-state index contributed by atoms with van der Waals surface area (Å²) in [5.41, 5.74) is 2.57. The van der Waals surface area contributed by atoms with Crippen LogP contribution in [0.3, 0.4) is 0 Å². The normalized spacial score (nSPS) is 13.5. The molecule has 1 amide bonds. The molecule has 0 saturated carbocycles. The Morgan fingerprint density at radius 1 is 1.14 bits per heavy atom. The van der Waals surface area contributed by atoms with E-state index in [2.05, 4.69) is 20.3 Å². The zero-order valence-corrected chi connectivity index (χ0v) is 16.8. The SMILES string of the molecule is CCOc1cn(-c2ccccc2)nc1C(=O)Nc1ccc(N2CCCC2)nc1C. The fourth-order valence-electron chi connectivity index (χ4n) is 3.47. The first-order chi connectivity index (χ1) is 14.2. The van der Waals surface area contributed by atoms with Crippen LogP contribution >= 0.6 is 0 Å². The van der Waals surface area contributed by atoms with Gasteiger partial charge in [-0.2, -0.15) is 5.10 Å². The summed E-state index contributed by atoms with van der Waals surface area (Å²) in [7, 11) is 0. The molecular weight excluding hydrogens is 366 g/mol. The fourth-order valence-corrected chi connectivity index (χ4v) is 3.47. The monoisotopic (exact) mass is 391 g/mol. The molecule has 1 saturated heterocycles. The van der Waals surface area contributed by atoms with Crippen molar-refractivity contribution in [1.29, 1.82) is 0 Å². The number of hydrogen-bond acceptors (Lipinski definition) is 5. The lowest BCUT2D eigenvalue weighted by Crippen LogP contribution is -2.20. The molecule has 3 aromatic rings. The Morgan fingerprint density at radius 2 is 1.90 bits per heavy atom. The minimum Gasteiger partial charge on any atom is -0.490 e. The molecule has 29 heavy (non-hydrogen) atoms. The minimum atomic E-state index is -0.318. The van der Waals surface area contributed by atoms with Crippen LogP contribution in [-0.4, -0.2) is 40.4 Å². The number of hydrogen-bond donors (Lipinski definition) is 1. The van der Waals surface area contributed by atoms with Crippen LogP contribution in [0.25, 0.3) is 5.69 Å². The zero-order valence-electron chi connectivity index (χ0n) is 16.8. The van der Waals surface area contributed by atoms with Gasteiger partial charge in [0.25, 0.3) is 5.91 Å². The first-order valence-corrected chi connectivity index (χ1v) is 9.97. The van der Waals surface area contributed by atoms with E-state index in [0.717, 1.165) is 30.3 Å². The average Bonchev–Trinajstić information content (AvgIpc) is 3.41. The maximum Gasteiger partial charge on any atom is 0.280 e. The number of aryl methyl sites for hydroxylation is 1. The number of anilines is 2.